The van der Waals surface area contributed by atoms with Crippen molar-refractivity contribution in [3.8, 4) is 0 Å². The number of β-amino-alcohol motifs (C(OH)–C–C–N with tert-alkyl or cyclic N) is 1. The van der Waals surface area contributed by atoms with Crippen LogP contribution in [0.5, 0.6) is 0 Å². The van der Waals surface area contributed by atoms with Gasteiger partial charge >= 0.3 is 0 Å². The van der Waals surface area contributed by atoms with Crippen LogP contribution in [0.4, 0.5) is 0 Å². The van der Waals surface area contributed by atoms with E-state index in [0.29, 0.717) is 25.7 Å². The predicted molar refractivity (Wildman–Crippen MR) is 124 cm³/mol. The number of thiazole rings is 1. The highest BCUT2D eigenvalue weighted by Gasteiger charge is 2.45. The third kappa shape index (κ3) is 4.73. The molecule has 2 aromatic rings. The van der Waals surface area contributed by atoms with E-state index in [1.807, 2.05) is 27.0 Å². The van der Waals surface area contributed by atoms with Crippen LogP contribution >= 0.6 is 11.3 Å². The fourth-order valence-corrected chi connectivity index (χ4v) is 5.75. The lowest BCUT2D eigenvalue weighted by Gasteiger charge is -2.34. The number of nitrogens with one attached hydrogen (secondary N) is 1. The Labute approximate surface area is 202 Å². The number of hydrogen-bond donors (Lipinski definition) is 2. The van der Waals surface area contributed by atoms with E-state index in [1.54, 1.807) is 16.0 Å². The molecule has 0 unspecified atom stereocenters. The lowest BCUT2D eigenvalue weighted by molar-refractivity contribution is -0.144. The zero-order valence-electron chi connectivity index (χ0n) is 19.9. The van der Waals surface area contributed by atoms with Gasteiger partial charge in [-0.3, -0.25) is 9.59 Å². The Kier molecular flexibility index (Phi) is 6.19. The van der Waals surface area contributed by atoms with Gasteiger partial charge in [-0.25, -0.2) is 9.67 Å². The average molecular weight is 489 g/mol. The third-order valence-electron chi connectivity index (χ3n) is 6.66. The zero-order valence-corrected chi connectivity index (χ0v) is 20.7. The molecule has 184 valence electrons. The normalized spacial score (nSPS) is 23.6. The average Bonchev–Trinajstić information content (AvgIpc) is 3.18. The van der Waals surface area contributed by atoms with Crippen molar-refractivity contribution in [1.29, 1.82) is 0 Å². The Morgan fingerprint density at radius 3 is 2.85 bits per heavy atom. The molecule has 10 nitrogen and oxygen atoms in total. The van der Waals surface area contributed by atoms with Gasteiger partial charge in [0.25, 0.3) is 0 Å². The Morgan fingerprint density at radius 2 is 2.15 bits per heavy atom. The number of hydrogen-bond acceptors (Lipinski definition) is 8. The summed E-state index contributed by atoms with van der Waals surface area (Å²) in [6.07, 6.45) is 4.31. The minimum Gasteiger partial charge on any atom is -0.391 e. The van der Waals surface area contributed by atoms with E-state index in [4.69, 9.17) is 4.74 Å². The topological polar surface area (TPSA) is 122 Å². The van der Waals surface area contributed by atoms with Gasteiger partial charge in [-0.2, -0.15) is 0 Å². The number of nitrogens with zero attached hydrogens (tertiary/aromatic N) is 5. The Balaban J connectivity index is 1.30. The summed E-state index contributed by atoms with van der Waals surface area (Å²) in [5.41, 5.74) is 1.50. The van der Waals surface area contributed by atoms with Gasteiger partial charge in [-0.05, 0) is 18.3 Å². The van der Waals surface area contributed by atoms with Crippen molar-refractivity contribution in [2.75, 3.05) is 13.2 Å². The van der Waals surface area contributed by atoms with E-state index in [0.717, 1.165) is 40.5 Å². The summed E-state index contributed by atoms with van der Waals surface area (Å²) in [6, 6.07) is -1.37. The summed E-state index contributed by atoms with van der Waals surface area (Å²) in [5.74, 6) is -0.0720. The fourth-order valence-electron chi connectivity index (χ4n) is 4.76. The molecule has 4 heterocycles. The van der Waals surface area contributed by atoms with Crippen LogP contribution in [0.15, 0.2) is 6.20 Å². The molecule has 3 atom stereocenters. The van der Waals surface area contributed by atoms with Crippen LogP contribution in [-0.4, -0.2) is 67.1 Å². The zero-order chi connectivity index (χ0) is 24.0. The van der Waals surface area contributed by atoms with Crippen molar-refractivity contribution in [2.45, 2.75) is 83.7 Å². The molecule has 2 fully saturated rings. The fraction of sp³-hybridized carbons (Fsp3) is 0.696. The maximum absolute atomic E-state index is 13.8. The standard InChI is InChI=1S/C23H32N6O4S/c1-23(2,3)20(29-11-16(26-27-29)13-4-5-13)22(32)28-10-14(30)8-17(28)21(31)24-9-19-25-15-6-7-33-12-18(15)34-19/h11,13-14,17,20,30H,4-10,12H2,1-3H3,(H,24,31)/t14-,17+,20-/m1/s1. The lowest BCUT2D eigenvalue weighted by Crippen LogP contribution is -2.50. The van der Waals surface area contributed by atoms with E-state index in [9.17, 15) is 14.7 Å². The van der Waals surface area contributed by atoms with E-state index in [1.165, 1.54) is 4.90 Å². The maximum atomic E-state index is 13.8. The van der Waals surface area contributed by atoms with Crippen molar-refractivity contribution in [3.63, 3.8) is 0 Å². The highest BCUT2D eigenvalue weighted by Crippen LogP contribution is 2.40. The number of fused-ring (bicyclic) bond motifs is 1. The molecule has 0 aromatic carbocycles. The highest BCUT2D eigenvalue weighted by molar-refractivity contribution is 7.11. The first-order valence-corrected chi connectivity index (χ1v) is 12.8. The van der Waals surface area contributed by atoms with Crippen molar-refractivity contribution < 1.29 is 19.4 Å². The molecule has 11 heteroatoms. The smallest absolute Gasteiger partial charge is 0.248 e. The Hall–Kier alpha value is -2.37. The Morgan fingerprint density at radius 1 is 1.35 bits per heavy atom. The number of ether oxygens (including phenoxy) is 1. The van der Waals surface area contributed by atoms with Crippen LogP contribution in [0.1, 0.15) is 73.3 Å². The second kappa shape index (κ2) is 9.01. The number of aliphatic hydroxyl groups excluding tert-OH is 1. The van der Waals surface area contributed by atoms with Crippen LogP contribution in [0.2, 0.25) is 0 Å². The van der Waals surface area contributed by atoms with Crippen molar-refractivity contribution in [1.82, 2.24) is 30.2 Å². The summed E-state index contributed by atoms with van der Waals surface area (Å²) >= 11 is 1.54. The van der Waals surface area contributed by atoms with E-state index >= 15 is 0 Å². The maximum Gasteiger partial charge on any atom is 0.248 e. The minimum atomic E-state index is -0.748. The monoisotopic (exact) mass is 488 g/mol. The van der Waals surface area contributed by atoms with Crippen molar-refractivity contribution >= 4 is 23.2 Å². The molecule has 2 N–H and O–H groups in total. The largest absolute Gasteiger partial charge is 0.391 e. The first kappa shape index (κ1) is 23.4. The van der Waals surface area contributed by atoms with Gasteiger partial charge in [0.1, 0.15) is 17.1 Å². The molecule has 2 aliphatic heterocycles. The summed E-state index contributed by atoms with van der Waals surface area (Å²) in [4.78, 5) is 34.1. The molecule has 2 amide bonds. The molecule has 5 rings (SSSR count). The molecule has 3 aliphatic rings. The number of aromatic nitrogens is 4. The van der Waals surface area contributed by atoms with Gasteiger partial charge in [0.2, 0.25) is 11.8 Å². The molecule has 0 bridgehead atoms. The second-order valence-corrected chi connectivity index (χ2v) is 11.7. The number of aliphatic hydroxyl groups is 1. The van der Waals surface area contributed by atoms with Crippen LogP contribution in [0.3, 0.4) is 0 Å². The van der Waals surface area contributed by atoms with Crippen LogP contribution in [0, 0.1) is 5.41 Å². The minimum absolute atomic E-state index is 0.122. The number of amides is 2. The lowest BCUT2D eigenvalue weighted by atomic mass is 9.85. The first-order valence-electron chi connectivity index (χ1n) is 11.9. The second-order valence-electron chi connectivity index (χ2n) is 10.6. The number of likely N-dealkylation sites (tertiary alicyclic amines) is 1. The third-order valence-corrected chi connectivity index (χ3v) is 7.73. The summed E-state index contributed by atoms with van der Waals surface area (Å²) in [5, 5.41) is 22.7. The van der Waals surface area contributed by atoms with Gasteiger partial charge in [0.15, 0.2) is 0 Å². The molecule has 1 saturated carbocycles. The SMILES string of the molecule is CC(C)(C)[C@@H](C(=O)N1C[C@H](O)C[C@H]1C(=O)NCc1nc2c(s1)COCC2)n1cc(C2CC2)nn1. The van der Waals surface area contributed by atoms with Gasteiger partial charge in [-0.1, -0.05) is 26.0 Å². The number of carbonyl (C=O) groups is 2. The van der Waals surface area contributed by atoms with E-state index < -0.39 is 23.6 Å². The Bertz CT molecular complexity index is 1050. The van der Waals surface area contributed by atoms with Crippen molar-refractivity contribution in [2.24, 2.45) is 5.41 Å². The van der Waals surface area contributed by atoms with Crippen LogP contribution in [0.25, 0.3) is 0 Å². The quantitative estimate of drug-likeness (QED) is 0.632. The molecular weight excluding hydrogens is 456 g/mol. The van der Waals surface area contributed by atoms with Crippen molar-refractivity contribution in [3.05, 3.63) is 27.5 Å². The number of rotatable bonds is 6. The molecule has 1 saturated heterocycles. The molecule has 2 aromatic heterocycles. The molecule has 0 spiro atoms. The van der Waals surface area contributed by atoms with Gasteiger partial charge in [-0.15, -0.1) is 16.4 Å². The van der Waals surface area contributed by atoms with Crippen LogP contribution < -0.4 is 5.32 Å². The first-order chi connectivity index (χ1) is 16.2. The summed E-state index contributed by atoms with van der Waals surface area (Å²) in [6.45, 7) is 7.58. The van der Waals surface area contributed by atoms with Gasteiger partial charge in [0.05, 0.1) is 42.1 Å². The predicted octanol–water partition coefficient (Wildman–Crippen LogP) is 1.55. The van der Waals surface area contributed by atoms with Gasteiger partial charge < -0.3 is 20.1 Å². The highest BCUT2D eigenvalue weighted by atomic mass is 32.1. The van der Waals surface area contributed by atoms with E-state index in [-0.39, 0.29) is 24.8 Å². The van der Waals surface area contributed by atoms with Crippen LogP contribution in [-0.2, 0) is 33.9 Å². The molecule has 0 radical (unpaired) electrons. The van der Waals surface area contributed by atoms with Gasteiger partial charge in [0, 0.05) is 31.5 Å². The molecular formula is C23H32N6O4S. The molecule has 34 heavy (non-hydrogen) atoms. The van der Waals surface area contributed by atoms with E-state index in [2.05, 4.69) is 20.6 Å². The summed E-state index contributed by atoms with van der Waals surface area (Å²) in [7, 11) is 0. The number of carbonyl (C=O) groups excluding carboxylic acids is 2. The molecule has 1 aliphatic carbocycles. The summed E-state index contributed by atoms with van der Waals surface area (Å²) < 4.78 is 7.11.